The van der Waals surface area contributed by atoms with E-state index in [-0.39, 0.29) is 5.82 Å². The van der Waals surface area contributed by atoms with Crippen molar-refractivity contribution in [1.29, 1.82) is 0 Å². The first-order valence-corrected chi connectivity index (χ1v) is 6.92. The summed E-state index contributed by atoms with van der Waals surface area (Å²) >= 11 is 12.5. The maximum Gasteiger partial charge on any atom is 0.351 e. The summed E-state index contributed by atoms with van der Waals surface area (Å²) in [5.74, 6) is -0.223. The summed E-state index contributed by atoms with van der Waals surface area (Å²) in [6, 6.07) is 5.44. The zero-order chi connectivity index (χ0) is 14.2. The molecule has 0 unspecified atom stereocenters. The van der Waals surface area contributed by atoms with Crippen molar-refractivity contribution >= 4 is 46.9 Å². The number of esters is 1. The van der Waals surface area contributed by atoms with Crippen LogP contribution in [0.2, 0.25) is 5.02 Å². The van der Waals surface area contributed by atoms with Gasteiger partial charge in [-0.3, -0.25) is 4.57 Å². The molecule has 0 amide bonds. The lowest BCUT2D eigenvalue weighted by atomic mass is 10.2. The van der Waals surface area contributed by atoms with Crippen molar-refractivity contribution in [2.45, 2.75) is 6.92 Å². The fourth-order valence-corrected chi connectivity index (χ4v) is 3.13. The standard InChI is InChI=1S/C12H11ClN2O2S2/c1-6-7(13)4-3-5-8(6)15-10(14)9(11(16)17-2)19-12(15)18/h3-5H,14H2,1-2H3. The third-order valence-corrected chi connectivity index (χ3v) is 4.48. The first kappa shape index (κ1) is 14.0. The molecule has 1 aromatic carbocycles. The van der Waals surface area contributed by atoms with E-state index >= 15 is 0 Å². The second kappa shape index (κ2) is 5.32. The van der Waals surface area contributed by atoms with Crippen LogP contribution in [0.4, 0.5) is 5.82 Å². The van der Waals surface area contributed by atoms with Crippen molar-refractivity contribution in [3.05, 3.63) is 37.6 Å². The highest BCUT2D eigenvalue weighted by Gasteiger charge is 2.19. The third kappa shape index (κ3) is 2.39. The Bertz CT molecular complexity index is 706. The first-order chi connectivity index (χ1) is 8.97. The number of benzene rings is 1. The maximum absolute atomic E-state index is 11.6. The fourth-order valence-electron chi connectivity index (χ4n) is 1.69. The van der Waals surface area contributed by atoms with Crippen LogP contribution < -0.4 is 5.73 Å². The molecule has 100 valence electrons. The molecule has 0 aliphatic rings. The van der Waals surface area contributed by atoms with Crippen molar-refractivity contribution in [3.8, 4) is 5.69 Å². The Labute approximate surface area is 124 Å². The van der Waals surface area contributed by atoms with E-state index in [0.717, 1.165) is 22.6 Å². The number of nitrogen functional groups attached to an aromatic ring is 1. The predicted molar refractivity (Wildman–Crippen MR) is 80.0 cm³/mol. The van der Waals surface area contributed by atoms with Gasteiger partial charge in [0, 0.05) is 5.02 Å². The molecule has 2 aromatic rings. The average Bonchev–Trinajstić information content (AvgIpc) is 2.68. The monoisotopic (exact) mass is 314 g/mol. The lowest BCUT2D eigenvalue weighted by Crippen LogP contribution is -2.07. The molecular weight excluding hydrogens is 304 g/mol. The van der Waals surface area contributed by atoms with Gasteiger partial charge in [0.2, 0.25) is 0 Å². The van der Waals surface area contributed by atoms with Crippen LogP contribution in [0.3, 0.4) is 0 Å². The van der Waals surface area contributed by atoms with E-state index in [1.165, 1.54) is 7.11 Å². The van der Waals surface area contributed by atoms with Crippen molar-refractivity contribution in [2.75, 3.05) is 12.8 Å². The number of hydrogen-bond acceptors (Lipinski definition) is 5. The molecule has 19 heavy (non-hydrogen) atoms. The van der Waals surface area contributed by atoms with Gasteiger partial charge in [0.1, 0.15) is 5.82 Å². The van der Waals surface area contributed by atoms with Gasteiger partial charge in [-0.2, -0.15) is 0 Å². The molecule has 7 heteroatoms. The number of thiazole rings is 1. The minimum Gasteiger partial charge on any atom is -0.465 e. The second-order valence-electron chi connectivity index (χ2n) is 3.79. The van der Waals surface area contributed by atoms with E-state index in [4.69, 9.17) is 29.6 Å². The Morgan fingerprint density at radius 2 is 2.21 bits per heavy atom. The van der Waals surface area contributed by atoms with Crippen LogP contribution in [0.15, 0.2) is 18.2 Å². The zero-order valence-electron chi connectivity index (χ0n) is 10.3. The van der Waals surface area contributed by atoms with Gasteiger partial charge in [-0.25, -0.2) is 4.79 Å². The normalized spacial score (nSPS) is 10.5. The van der Waals surface area contributed by atoms with E-state index in [2.05, 4.69) is 4.74 Å². The van der Waals surface area contributed by atoms with E-state index in [0.29, 0.717) is 13.9 Å². The smallest absolute Gasteiger partial charge is 0.351 e. The molecule has 0 saturated carbocycles. The summed E-state index contributed by atoms with van der Waals surface area (Å²) in [7, 11) is 1.31. The minimum atomic E-state index is -0.493. The molecule has 4 nitrogen and oxygen atoms in total. The number of methoxy groups -OCH3 is 1. The molecule has 2 rings (SSSR count). The van der Waals surface area contributed by atoms with Gasteiger partial charge in [-0.1, -0.05) is 29.0 Å². The Morgan fingerprint density at radius 3 is 2.84 bits per heavy atom. The Kier molecular flexibility index (Phi) is 3.93. The summed E-state index contributed by atoms with van der Waals surface area (Å²) in [5, 5.41) is 0.615. The van der Waals surface area contributed by atoms with E-state index in [1.807, 2.05) is 13.0 Å². The van der Waals surface area contributed by atoms with Crippen LogP contribution in [0.1, 0.15) is 15.2 Å². The van der Waals surface area contributed by atoms with Crippen LogP contribution in [0.5, 0.6) is 0 Å². The molecule has 2 N–H and O–H groups in total. The van der Waals surface area contributed by atoms with Gasteiger partial charge < -0.3 is 10.5 Å². The topological polar surface area (TPSA) is 57.2 Å². The molecule has 0 spiro atoms. The SMILES string of the molecule is COC(=O)c1sc(=S)n(-c2cccc(Cl)c2C)c1N. The Balaban J connectivity index is 2.70. The molecule has 0 aliphatic heterocycles. The molecule has 0 saturated heterocycles. The number of carbonyl (C=O) groups excluding carboxylic acids is 1. The Hall–Kier alpha value is -1.37. The fraction of sp³-hybridized carbons (Fsp3) is 0.167. The number of ether oxygens (including phenoxy) is 1. The number of anilines is 1. The number of nitrogens with zero attached hydrogens (tertiary/aromatic N) is 1. The molecule has 0 bridgehead atoms. The van der Waals surface area contributed by atoms with Gasteiger partial charge in [-0.05, 0) is 36.8 Å². The summed E-state index contributed by atoms with van der Waals surface area (Å²) in [6.07, 6.45) is 0. The summed E-state index contributed by atoms with van der Waals surface area (Å²) in [5.41, 5.74) is 7.61. The van der Waals surface area contributed by atoms with E-state index in [1.54, 1.807) is 16.7 Å². The van der Waals surface area contributed by atoms with Crippen molar-refractivity contribution in [1.82, 2.24) is 4.57 Å². The minimum absolute atomic E-state index is 0.271. The summed E-state index contributed by atoms with van der Waals surface area (Å²) in [4.78, 5) is 11.9. The van der Waals surface area contributed by atoms with Crippen molar-refractivity contribution < 1.29 is 9.53 Å². The number of aromatic nitrogens is 1. The average molecular weight is 315 g/mol. The van der Waals surface area contributed by atoms with E-state index in [9.17, 15) is 4.79 Å². The number of nitrogens with two attached hydrogens (primary N) is 1. The van der Waals surface area contributed by atoms with Crippen LogP contribution in [-0.2, 0) is 4.74 Å². The van der Waals surface area contributed by atoms with Gasteiger partial charge in [0.15, 0.2) is 8.83 Å². The van der Waals surface area contributed by atoms with Gasteiger partial charge >= 0.3 is 5.97 Å². The van der Waals surface area contributed by atoms with Gasteiger partial charge in [-0.15, -0.1) is 0 Å². The predicted octanol–water partition coefficient (Wildman–Crippen LogP) is 3.60. The molecular formula is C12H11ClN2O2S2. The van der Waals surface area contributed by atoms with Crippen molar-refractivity contribution in [3.63, 3.8) is 0 Å². The molecule has 1 heterocycles. The second-order valence-corrected chi connectivity index (χ2v) is 5.84. The highest BCUT2D eigenvalue weighted by atomic mass is 35.5. The molecule has 0 fully saturated rings. The van der Waals surface area contributed by atoms with Crippen LogP contribution in [0.25, 0.3) is 5.69 Å². The summed E-state index contributed by atoms with van der Waals surface area (Å²) in [6.45, 7) is 1.87. The lowest BCUT2D eigenvalue weighted by Gasteiger charge is -2.10. The van der Waals surface area contributed by atoms with Crippen LogP contribution >= 0.6 is 35.2 Å². The Morgan fingerprint density at radius 1 is 1.53 bits per heavy atom. The largest absolute Gasteiger partial charge is 0.465 e. The number of rotatable bonds is 2. The number of carbonyl (C=O) groups is 1. The van der Waals surface area contributed by atoms with Crippen LogP contribution in [-0.4, -0.2) is 17.6 Å². The highest BCUT2D eigenvalue weighted by molar-refractivity contribution is 7.73. The van der Waals surface area contributed by atoms with Gasteiger partial charge in [0.25, 0.3) is 0 Å². The quantitative estimate of drug-likeness (QED) is 0.679. The first-order valence-electron chi connectivity index (χ1n) is 5.32. The van der Waals surface area contributed by atoms with E-state index < -0.39 is 5.97 Å². The molecule has 0 atom stereocenters. The maximum atomic E-state index is 11.6. The highest BCUT2D eigenvalue weighted by Crippen LogP contribution is 2.30. The number of hydrogen-bond donors (Lipinski definition) is 1. The third-order valence-electron chi connectivity index (χ3n) is 2.70. The zero-order valence-corrected chi connectivity index (χ0v) is 12.7. The summed E-state index contributed by atoms with van der Waals surface area (Å²) < 4.78 is 6.79. The van der Waals surface area contributed by atoms with Crippen LogP contribution in [0, 0.1) is 10.9 Å². The molecule has 0 radical (unpaired) electrons. The number of halogens is 1. The molecule has 0 aliphatic carbocycles. The van der Waals surface area contributed by atoms with Gasteiger partial charge in [0.05, 0.1) is 12.8 Å². The molecule has 1 aromatic heterocycles. The lowest BCUT2D eigenvalue weighted by molar-refractivity contribution is 0.0607. The van der Waals surface area contributed by atoms with Crippen molar-refractivity contribution in [2.24, 2.45) is 0 Å².